The highest BCUT2D eigenvalue weighted by Crippen LogP contribution is 2.33. The lowest BCUT2D eigenvalue weighted by Crippen LogP contribution is -2.39. The van der Waals surface area contributed by atoms with Crippen molar-refractivity contribution in [3.63, 3.8) is 0 Å². The van der Waals surface area contributed by atoms with Crippen LogP contribution in [-0.2, 0) is 9.47 Å². The Morgan fingerprint density at radius 3 is 1.86 bits per heavy atom. The van der Waals surface area contributed by atoms with E-state index >= 15 is 0 Å². The summed E-state index contributed by atoms with van der Waals surface area (Å²) in [6, 6.07) is 0. The van der Waals surface area contributed by atoms with Gasteiger partial charge in [0.05, 0.1) is 0 Å². The molecular weight excluding hydrogens is 143 g/mol. The number of rotatable bonds is 0. The first-order valence-corrected chi connectivity index (χ1v) is 2.15. The largest absolute Gasteiger partial charge is 0.518 e. The fourth-order valence-electron chi connectivity index (χ4n) is 0.202. The van der Waals surface area contributed by atoms with E-state index in [9.17, 15) is 4.79 Å². The third kappa shape index (κ3) is 0.894. The lowest BCUT2D eigenvalue weighted by Gasteiger charge is -2.26. The van der Waals surface area contributed by atoms with Crippen molar-refractivity contribution < 1.29 is 14.3 Å². The van der Waals surface area contributed by atoms with E-state index in [1.807, 2.05) is 0 Å². The van der Waals surface area contributed by atoms with Gasteiger partial charge >= 0.3 is 10.9 Å². The summed E-state index contributed by atoms with van der Waals surface area (Å²) in [4.78, 5) is 9.70. The molecule has 0 aromatic carbocycles. The Bertz CT molecular complexity index is 99.5. The molecule has 1 heterocycles. The van der Waals surface area contributed by atoms with Crippen molar-refractivity contribution in [2.24, 2.45) is 0 Å². The molecule has 0 radical (unpaired) electrons. The summed E-state index contributed by atoms with van der Waals surface area (Å²) < 4.78 is 6.28. The predicted molar refractivity (Wildman–Crippen MR) is 22.0 cm³/mol. The summed E-state index contributed by atoms with van der Waals surface area (Å²) in [5, 5.41) is 0. The number of cyclic esters (lactones) is 2. The van der Waals surface area contributed by atoms with Crippen molar-refractivity contribution >= 4 is 29.4 Å². The van der Waals surface area contributed by atoms with E-state index in [2.05, 4.69) is 9.47 Å². The van der Waals surface area contributed by atoms with Gasteiger partial charge in [-0.3, -0.25) is 0 Å². The van der Waals surface area contributed by atoms with Crippen LogP contribution in [0.15, 0.2) is 0 Å². The molecule has 3 nitrogen and oxygen atoms in total. The van der Waals surface area contributed by atoms with Gasteiger partial charge in [0.2, 0.25) is 0 Å². The number of carbonyl (C=O) groups is 1. The van der Waals surface area contributed by atoms with E-state index < -0.39 is 10.9 Å². The topological polar surface area (TPSA) is 35.5 Å². The molecular formula is C2Cl2O3. The first-order chi connectivity index (χ1) is 3.10. The zero-order valence-electron chi connectivity index (χ0n) is 2.98. The monoisotopic (exact) mass is 142 g/mol. The molecule has 1 fully saturated rings. The summed E-state index contributed by atoms with van der Waals surface area (Å²) in [6.07, 6.45) is -0.843. The molecule has 1 rings (SSSR count). The van der Waals surface area contributed by atoms with E-state index in [4.69, 9.17) is 23.2 Å². The highest BCUT2D eigenvalue weighted by molar-refractivity contribution is 6.47. The number of carbonyl (C=O) groups excluding carboxylic acids is 1. The van der Waals surface area contributed by atoms with Crippen LogP contribution in [0.5, 0.6) is 0 Å². The van der Waals surface area contributed by atoms with Crippen LogP contribution >= 0.6 is 23.2 Å². The molecule has 0 unspecified atom stereocenters. The maximum atomic E-state index is 9.70. The molecule has 1 saturated heterocycles. The molecule has 0 spiro atoms. The van der Waals surface area contributed by atoms with Crippen LogP contribution in [-0.4, -0.2) is 10.9 Å². The maximum Gasteiger partial charge on any atom is 0.518 e. The van der Waals surface area contributed by atoms with Crippen molar-refractivity contribution in [3.8, 4) is 0 Å². The molecule has 1 aliphatic heterocycles. The SMILES string of the molecule is O=C1OC(Cl)(Cl)O1. The van der Waals surface area contributed by atoms with Crippen LogP contribution < -0.4 is 0 Å². The zero-order valence-corrected chi connectivity index (χ0v) is 4.49. The molecule has 0 aromatic rings. The Kier molecular flexibility index (Phi) is 0.834. The van der Waals surface area contributed by atoms with Crippen LogP contribution in [0.25, 0.3) is 0 Å². The highest BCUT2D eigenvalue weighted by Gasteiger charge is 2.45. The van der Waals surface area contributed by atoms with Gasteiger partial charge in [-0.2, -0.15) is 0 Å². The highest BCUT2D eigenvalue weighted by atomic mass is 35.5. The first kappa shape index (κ1) is 5.00. The second-order valence-corrected chi connectivity index (χ2v) is 2.11. The predicted octanol–water partition coefficient (Wildman–Crippen LogP) is 1.24. The van der Waals surface area contributed by atoms with Gasteiger partial charge < -0.3 is 9.47 Å². The second kappa shape index (κ2) is 1.17. The van der Waals surface area contributed by atoms with Gasteiger partial charge in [-0.05, 0) is 23.2 Å². The minimum absolute atomic E-state index is 0.843. The van der Waals surface area contributed by atoms with E-state index in [1.165, 1.54) is 0 Å². The summed E-state index contributed by atoms with van der Waals surface area (Å²) in [7, 11) is 0. The number of ether oxygens (including phenoxy) is 2. The minimum atomic E-state index is -1.71. The first-order valence-electron chi connectivity index (χ1n) is 1.40. The molecule has 0 atom stereocenters. The Morgan fingerprint density at radius 1 is 1.43 bits per heavy atom. The number of hydrogen-bond donors (Lipinski definition) is 0. The van der Waals surface area contributed by atoms with Crippen LogP contribution in [0, 0.1) is 0 Å². The van der Waals surface area contributed by atoms with Crippen molar-refractivity contribution in [1.82, 2.24) is 0 Å². The Morgan fingerprint density at radius 2 is 1.86 bits per heavy atom. The maximum absolute atomic E-state index is 9.70. The molecule has 1 aliphatic rings. The van der Waals surface area contributed by atoms with Gasteiger partial charge in [-0.1, -0.05) is 0 Å². The molecule has 0 bridgehead atoms. The van der Waals surface area contributed by atoms with Crippen molar-refractivity contribution in [2.75, 3.05) is 0 Å². The number of halogens is 2. The Hall–Kier alpha value is -0.150. The lowest BCUT2D eigenvalue weighted by molar-refractivity contribution is -0.162. The van der Waals surface area contributed by atoms with E-state index in [0.717, 1.165) is 0 Å². The summed E-state index contributed by atoms with van der Waals surface area (Å²) in [5.41, 5.74) is 0. The van der Waals surface area contributed by atoms with Crippen LogP contribution in [0.1, 0.15) is 0 Å². The average molecular weight is 143 g/mol. The average Bonchev–Trinajstić information content (AvgIpc) is 1.27. The lowest BCUT2D eigenvalue weighted by atomic mass is 11.1. The Balaban J connectivity index is 2.43. The zero-order chi connectivity index (χ0) is 5.49. The molecule has 40 valence electrons. The summed E-state index contributed by atoms with van der Waals surface area (Å²) in [6.45, 7) is 0. The standard InChI is InChI=1S/C2Cl2O3/c3-2(4)6-1(5)7-2. The molecule has 7 heavy (non-hydrogen) atoms. The van der Waals surface area contributed by atoms with E-state index in [-0.39, 0.29) is 0 Å². The van der Waals surface area contributed by atoms with Crippen molar-refractivity contribution in [3.05, 3.63) is 0 Å². The molecule has 0 aromatic heterocycles. The van der Waals surface area contributed by atoms with Gasteiger partial charge in [-0.15, -0.1) is 0 Å². The van der Waals surface area contributed by atoms with Crippen molar-refractivity contribution in [1.29, 1.82) is 0 Å². The van der Waals surface area contributed by atoms with Crippen LogP contribution in [0.4, 0.5) is 4.79 Å². The fraction of sp³-hybridized carbons (Fsp3) is 0.500. The quantitative estimate of drug-likeness (QED) is 0.378. The van der Waals surface area contributed by atoms with Crippen molar-refractivity contribution in [2.45, 2.75) is 4.71 Å². The third-order valence-electron chi connectivity index (χ3n) is 0.404. The minimum Gasteiger partial charge on any atom is -0.362 e. The van der Waals surface area contributed by atoms with Gasteiger partial charge in [0.25, 0.3) is 0 Å². The molecule has 0 amide bonds. The third-order valence-corrected chi connectivity index (χ3v) is 0.713. The normalized spacial score (nSPS) is 24.6. The van der Waals surface area contributed by atoms with E-state index in [1.54, 1.807) is 0 Å². The van der Waals surface area contributed by atoms with Crippen LogP contribution in [0.2, 0.25) is 0 Å². The Labute approximate surface area is 49.1 Å². The molecule has 0 saturated carbocycles. The molecule has 0 aliphatic carbocycles. The van der Waals surface area contributed by atoms with Gasteiger partial charge in [0, 0.05) is 0 Å². The summed E-state index contributed by atoms with van der Waals surface area (Å²) in [5.74, 6) is 0. The van der Waals surface area contributed by atoms with Gasteiger partial charge in [-0.25, -0.2) is 4.79 Å². The van der Waals surface area contributed by atoms with Gasteiger partial charge in [0.15, 0.2) is 0 Å². The number of alkyl halides is 2. The molecule has 0 N–H and O–H groups in total. The number of hydrogen-bond acceptors (Lipinski definition) is 3. The molecule has 5 heteroatoms. The smallest absolute Gasteiger partial charge is 0.362 e. The fourth-order valence-corrected chi connectivity index (χ4v) is 0.454. The van der Waals surface area contributed by atoms with Gasteiger partial charge in [0.1, 0.15) is 0 Å². The van der Waals surface area contributed by atoms with Crippen LogP contribution in [0.3, 0.4) is 0 Å². The second-order valence-electron chi connectivity index (χ2n) is 0.917. The van der Waals surface area contributed by atoms with E-state index in [0.29, 0.717) is 0 Å². The summed E-state index contributed by atoms with van der Waals surface area (Å²) >= 11 is 10.00.